The van der Waals surface area contributed by atoms with Gasteiger partial charge < -0.3 is 10.3 Å². The van der Waals surface area contributed by atoms with Crippen molar-refractivity contribution in [3.63, 3.8) is 0 Å². The molecule has 3 rings (SSSR count). The lowest BCUT2D eigenvalue weighted by atomic mass is 9.83. The summed E-state index contributed by atoms with van der Waals surface area (Å²) >= 11 is 0. The molecule has 1 aromatic heterocycles. The van der Waals surface area contributed by atoms with Gasteiger partial charge in [-0.15, -0.1) is 12.4 Å². The number of nitrogens with two attached hydrogens (primary N) is 1. The third-order valence-corrected chi connectivity index (χ3v) is 5.90. The molecule has 3 N–H and O–H groups in total. The van der Waals surface area contributed by atoms with Crippen molar-refractivity contribution in [3.8, 4) is 0 Å². The molecule has 0 amide bonds. The van der Waals surface area contributed by atoms with Crippen LogP contribution in [0.4, 0.5) is 0 Å². The van der Waals surface area contributed by atoms with Crippen molar-refractivity contribution in [2.75, 3.05) is 6.54 Å². The van der Waals surface area contributed by atoms with Crippen LogP contribution in [-0.4, -0.2) is 30.1 Å². The number of halogens is 1. The Bertz CT molecular complexity index is 585. The second-order valence-corrected chi connectivity index (χ2v) is 8.11. The predicted octanol–water partition coefficient (Wildman–Crippen LogP) is 1.58. The first-order chi connectivity index (χ1) is 9.99. The largest absolute Gasteiger partial charge is 0.333 e. The van der Waals surface area contributed by atoms with Crippen molar-refractivity contribution in [3.05, 3.63) is 12.0 Å². The zero-order chi connectivity index (χ0) is 14.9. The molecule has 126 valence electrons. The van der Waals surface area contributed by atoms with Crippen molar-refractivity contribution < 1.29 is 8.42 Å². The molecule has 1 aliphatic heterocycles. The summed E-state index contributed by atoms with van der Waals surface area (Å²) < 4.78 is 29.4. The maximum atomic E-state index is 12.4. The predicted molar refractivity (Wildman–Crippen MR) is 87.6 cm³/mol. The summed E-state index contributed by atoms with van der Waals surface area (Å²) in [6.07, 6.45) is 9.80. The second kappa shape index (κ2) is 6.86. The van der Waals surface area contributed by atoms with E-state index in [9.17, 15) is 8.42 Å². The molecule has 2 aliphatic rings. The molecular weight excluding hydrogens is 324 g/mol. The van der Waals surface area contributed by atoms with E-state index in [1.165, 1.54) is 6.42 Å². The first-order valence-corrected chi connectivity index (χ1v) is 9.32. The van der Waals surface area contributed by atoms with E-state index in [2.05, 4.69) is 9.71 Å². The lowest BCUT2D eigenvalue weighted by Gasteiger charge is -2.33. The quantitative estimate of drug-likeness (QED) is 0.864. The fourth-order valence-electron chi connectivity index (χ4n) is 3.26. The molecule has 0 aromatic carbocycles. The van der Waals surface area contributed by atoms with E-state index in [-0.39, 0.29) is 17.4 Å². The second-order valence-electron chi connectivity index (χ2n) is 6.39. The van der Waals surface area contributed by atoms with Crippen LogP contribution in [-0.2, 0) is 23.0 Å². The summed E-state index contributed by atoms with van der Waals surface area (Å²) in [5, 5.41) is 0.138. The van der Waals surface area contributed by atoms with Crippen LogP contribution in [0.15, 0.2) is 11.2 Å². The van der Waals surface area contributed by atoms with E-state index in [4.69, 9.17) is 5.73 Å². The van der Waals surface area contributed by atoms with Gasteiger partial charge in [-0.3, -0.25) is 0 Å². The number of rotatable bonds is 4. The van der Waals surface area contributed by atoms with E-state index in [0.29, 0.717) is 6.54 Å². The third-order valence-electron chi connectivity index (χ3n) is 4.63. The molecule has 0 bridgehead atoms. The molecule has 0 unspecified atom stereocenters. The maximum Gasteiger partial charge on any atom is 0.259 e. The van der Waals surface area contributed by atoms with Crippen molar-refractivity contribution in [2.45, 2.75) is 68.5 Å². The van der Waals surface area contributed by atoms with Crippen molar-refractivity contribution in [2.24, 2.45) is 5.73 Å². The summed E-state index contributed by atoms with van der Waals surface area (Å²) in [4.78, 5) is 4.28. The monoisotopic (exact) mass is 348 g/mol. The first kappa shape index (κ1) is 17.7. The molecule has 1 saturated carbocycles. The molecule has 0 saturated heterocycles. The first-order valence-electron chi connectivity index (χ1n) is 7.83. The Hall–Kier alpha value is -0.630. The van der Waals surface area contributed by atoms with E-state index in [1.54, 1.807) is 6.20 Å². The van der Waals surface area contributed by atoms with Gasteiger partial charge in [0.25, 0.3) is 10.0 Å². The number of sulfonamides is 1. The van der Waals surface area contributed by atoms with Gasteiger partial charge in [0, 0.05) is 31.2 Å². The van der Waals surface area contributed by atoms with Gasteiger partial charge in [0.2, 0.25) is 0 Å². The van der Waals surface area contributed by atoms with Crippen molar-refractivity contribution in [1.82, 2.24) is 14.3 Å². The smallest absolute Gasteiger partial charge is 0.259 e. The minimum Gasteiger partial charge on any atom is -0.333 e. The molecule has 0 spiro atoms. The van der Waals surface area contributed by atoms with Gasteiger partial charge >= 0.3 is 0 Å². The lowest BCUT2D eigenvalue weighted by Crippen LogP contribution is -2.51. The lowest BCUT2D eigenvalue weighted by molar-refractivity contribution is 0.296. The third kappa shape index (κ3) is 3.82. The molecule has 8 heteroatoms. The molecule has 1 fully saturated rings. The molecule has 2 heterocycles. The average molecular weight is 349 g/mol. The molecule has 1 aliphatic carbocycles. The van der Waals surface area contributed by atoms with Crippen LogP contribution in [0.25, 0.3) is 0 Å². The molecule has 6 nitrogen and oxygen atoms in total. The zero-order valence-electron chi connectivity index (χ0n) is 12.8. The van der Waals surface area contributed by atoms with E-state index >= 15 is 0 Å². The molecule has 1 aromatic rings. The summed E-state index contributed by atoms with van der Waals surface area (Å²) in [7, 11) is -3.55. The van der Waals surface area contributed by atoms with Crippen LogP contribution in [0.3, 0.4) is 0 Å². The van der Waals surface area contributed by atoms with Gasteiger partial charge in [-0.25, -0.2) is 18.1 Å². The fourth-order valence-corrected chi connectivity index (χ4v) is 4.38. The molecule has 0 radical (unpaired) electrons. The van der Waals surface area contributed by atoms with E-state index < -0.39 is 15.6 Å². The Morgan fingerprint density at radius 1 is 1.23 bits per heavy atom. The number of aromatic nitrogens is 2. The number of nitrogens with one attached hydrogen (secondary N) is 1. The number of nitrogens with zero attached hydrogens (tertiary/aromatic N) is 2. The highest BCUT2D eigenvalue weighted by Gasteiger charge is 2.30. The van der Waals surface area contributed by atoms with Crippen LogP contribution in [0.2, 0.25) is 0 Å². The summed E-state index contributed by atoms with van der Waals surface area (Å²) in [5.74, 6) is 0.877. The highest BCUT2D eigenvalue weighted by atomic mass is 35.5. The van der Waals surface area contributed by atoms with Crippen LogP contribution in [0.1, 0.15) is 50.8 Å². The zero-order valence-corrected chi connectivity index (χ0v) is 14.4. The van der Waals surface area contributed by atoms with Gasteiger partial charge in [0.05, 0.1) is 0 Å². The maximum absolute atomic E-state index is 12.4. The minimum absolute atomic E-state index is 0. The number of aryl methyl sites for hydroxylation is 2. The normalized spacial score (nSPS) is 21.0. The molecular formula is C14H25ClN4O2S. The Labute approximate surface area is 138 Å². The van der Waals surface area contributed by atoms with Gasteiger partial charge in [0.15, 0.2) is 5.03 Å². The average Bonchev–Trinajstić information content (AvgIpc) is 2.91. The number of hydrogen-bond donors (Lipinski definition) is 2. The van der Waals surface area contributed by atoms with E-state index in [1.807, 2.05) is 4.57 Å². The van der Waals surface area contributed by atoms with Gasteiger partial charge in [-0.2, -0.15) is 0 Å². The Morgan fingerprint density at radius 3 is 2.64 bits per heavy atom. The standard InChI is InChI=1S/C14H24N4O2S.ClH/c15-14(7-3-1-4-8-14)11-16-21(19,20)13-10-18-9-5-2-6-12(18)17-13;/h10,16H,1-9,11,15H2;1H. The Balaban J connectivity index is 0.00000176. The minimum atomic E-state index is -3.55. The molecule has 22 heavy (non-hydrogen) atoms. The fraction of sp³-hybridized carbons (Fsp3) is 0.786. The topological polar surface area (TPSA) is 90.0 Å². The van der Waals surface area contributed by atoms with Gasteiger partial charge in [-0.05, 0) is 25.7 Å². The molecule has 0 atom stereocenters. The van der Waals surface area contributed by atoms with Crippen LogP contribution in [0.5, 0.6) is 0 Å². The summed E-state index contributed by atoms with van der Waals surface area (Å²) in [6.45, 7) is 1.16. The number of imidazole rings is 1. The van der Waals surface area contributed by atoms with Gasteiger partial charge in [0.1, 0.15) is 5.82 Å². The van der Waals surface area contributed by atoms with Crippen LogP contribution >= 0.6 is 12.4 Å². The van der Waals surface area contributed by atoms with Crippen LogP contribution < -0.4 is 10.5 Å². The van der Waals surface area contributed by atoms with E-state index in [0.717, 1.165) is 57.3 Å². The highest BCUT2D eigenvalue weighted by Crippen LogP contribution is 2.25. The summed E-state index contributed by atoms with van der Waals surface area (Å²) in [6, 6.07) is 0. The van der Waals surface area contributed by atoms with Crippen molar-refractivity contribution >= 4 is 22.4 Å². The Kier molecular flexibility index (Phi) is 5.53. The highest BCUT2D eigenvalue weighted by molar-refractivity contribution is 7.89. The van der Waals surface area contributed by atoms with Gasteiger partial charge in [-0.1, -0.05) is 19.3 Å². The van der Waals surface area contributed by atoms with Crippen molar-refractivity contribution in [1.29, 1.82) is 0 Å². The van der Waals surface area contributed by atoms with Crippen LogP contribution in [0, 0.1) is 0 Å². The SMILES string of the molecule is Cl.NC1(CNS(=O)(=O)c2cn3c(n2)CCCC3)CCCCC1. The Morgan fingerprint density at radius 2 is 1.95 bits per heavy atom. The summed E-state index contributed by atoms with van der Waals surface area (Å²) in [5.41, 5.74) is 5.89. The number of fused-ring (bicyclic) bond motifs is 1. The number of hydrogen-bond acceptors (Lipinski definition) is 4.